The van der Waals surface area contributed by atoms with Crippen molar-refractivity contribution in [3.05, 3.63) is 86.7 Å². The second kappa shape index (κ2) is 12.4. The highest BCUT2D eigenvalue weighted by Crippen LogP contribution is 2.28. The quantitative estimate of drug-likeness (QED) is 0.196. The summed E-state index contributed by atoms with van der Waals surface area (Å²) in [5, 5.41) is 6.65. The number of amides is 2. The van der Waals surface area contributed by atoms with E-state index >= 15 is 0 Å². The molecule has 10 heteroatoms. The summed E-state index contributed by atoms with van der Waals surface area (Å²) in [6, 6.07) is 14.0. The number of imidazole rings is 1. The SMILES string of the molecule is COCCCc1ccc(Cl)c(C(=O)Nc2cc(C(=O)Nc3cccc(Cl)c3C)c3nc(COC)[nH]c3c2)c1. The third-order valence-electron chi connectivity index (χ3n) is 6.02. The molecule has 8 nitrogen and oxygen atoms in total. The first-order valence-electron chi connectivity index (χ1n) is 12.0. The summed E-state index contributed by atoms with van der Waals surface area (Å²) in [6.07, 6.45) is 1.57. The zero-order valence-electron chi connectivity index (χ0n) is 21.3. The zero-order valence-corrected chi connectivity index (χ0v) is 22.8. The van der Waals surface area contributed by atoms with Gasteiger partial charge in [-0.05, 0) is 67.3 Å². The molecule has 38 heavy (non-hydrogen) atoms. The third-order valence-corrected chi connectivity index (χ3v) is 6.76. The maximum Gasteiger partial charge on any atom is 0.258 e. The number of aromatic amines is 1. The van der Waals surface area contributed by atoms with E-state index in [0.29, 0.717) is 50.4 Å². The van der Waals surface area contributed by atoms with Crippen LogP contribution < -0.4 is 10.6 Å². The molecule has 2 amide bonds. The fourth-order valence-electron chi connectivity index (χ4n) is 4.07. The van der Waals surface area contributed by atoms with E-state index in [1.807, 2.05) is 13.0 Å². The molecular formula is C28H28Cl2N4O4. The molecule has 1 heterocycles. The smallest absolute Gasteiger partial charge is 0.258 e. The van der Waals surface area contributed by atoms with Crippen LogP contribution in [0.4, 0.5) is 11.4 Å². The third kappa shape index (κ3) is 6.34. The standard InChI is InChI=1S/C28H28Cl2N4O4/c1-16-21(29)7-4-8-23(16)33-28(36)20-13-18(14-24-26(20)34-25(32-24)15-38-3)31-27(35)19-12-17(6-5-11-37-2)9-10-22(19)30/h4,7-10,12-14H,5-6,11,15H2,1-3H3,(H,31,35)(H,32,34)(H,33,36). The summed E-state index contributed by atoms with van der Waals surface area (Å²) in [4.78, 5) is 34.3. The molecule has 0 aliphatic heterocycles. The Hall–Kier alpha value is -3.43. The number of hydrogen-bond acceptors (Lipinski definition) is 5. The maximum atomic E-state index is 13.4. The van der Waals surface area contributed by atoms with Crippen LogP contribution in [0.3, 0.4) is 0 Å². The van der Waals surface area contributed by atoms with Gasteiger partial charge in [0.1, 0.15) is 17.9 Å². The van der Waals surface area contributed by atoms with E-state index in [-0.39, 0.29) is 12.2 Å². The molecule has 0 aliphatic carbocycles. The van der Waals surface area contributed by atoms with E-state index in [0.717, 1.165) is 24.0 Å². The second-order valence-electron chi connectivity index (χ2n) is 8.77. The molecule has 1 aromatic heterocycles. The Kier molecular flexibility index (Phi) is 9.01. The van der Waals surface area contributed by atoms with Crippen LogP contribution in [0.5, 0.6) is 0 Å². The summed E-state index contributed by atoms with van der Waals surface area (Å²) in [5.41, 5.74) is 4.33. The van der Waals surface area contributed by atoms with Crippen LogP contribution in [-0.4, -0.2) is 42.6 Å². The highest BCUT2D eigenvalue weighted by molar-refractivity contribution is 6.34. The molecule has 0 radical (unpaired) electrons. The van der Waals surface area contributed by atoms with Crippen LogP contribution in [0.2, 0.25) is 10.0 Å². The van der Waals surface area contributed by atoms with Gasteiger partial charge in [-0.3, -0.25) is 9.59 Å². The molecule has 4 aromatic rings. The summed E-state index contributed by atoms with van der Waals surface area (Å²) >= 11 is 12.6. The van der Waals surface area contributed by atoms with Crippen molar-refractivity contribution in [2.24, 2.45) is 0 Å². The van der Waals surface area contributed by atoms with E-state index in [4.69, 9.17) is 32.7 Å². The van der Waals surface area contributed by atoms with Crippen molar-refractivity contribution in [2.75, 3.05) is 31.5 Å². The number of aryl methyl sites for hydroxylation is 1. The Morgan fingerprint density at radius 3 is 2.50 bits per heavy atom. The summed E-state index contributed by atoms with van der Waals surface area (Å²) < 4.78 is 10.3. The average molecular weight is 555 g/mol. The molecule has 0 fully saturated rings. The summed E-state index contributed by atoms with van der Waals surface area (Å²) in [5.74, 6) is -0.243. The molecule has 0 unspecified atom stereocenters. The van der Waals surface area contributed by atoms with Gasteiger partial charge in [-0.25, -0.2) is 4.98 Å². The predicted octanol–water partition coefficient (Wildman–Crippen LogP) is 6.41. The number of nitrogens with one attached hydrogen (secondary N) is 3. The number of halogens is 2. The molecule has 0 bridgehead atoms. The molecule has 4 rings (SSSR count). The minimum absolute atomic E-state index is 0.232. The molecule has 0 saturated carbocycles. The van der Waals surface area contributed by atoms with Crippen LogP contribution in [-0.2, 0) is 22.5 Å². The Morgan fingerprint density at radius 2 is 1.74 bits per heavy atom. The molecular weight excluding hydrogens is 527 g/mol. The first kappa shape index (κ1) is 27.6. The van der Waals surface area contributed by atoms with Crippen molar-refractivity contribution in [3.8, 4) is 0 Å². The minimum Gasteiger partial charge on any atom is -0.385 e. The topological polar surface area (TPSA) is 105 Å². The van der Waals surface area contributed by atoms with Gasteiger partial charge >= 0.3 is 0 Å². The van der Waals surface area contributed by atoms with E-state index in [2.05, 4.69) is 20.6 Å². The molecule has 0 saturated heterocycles. The van der Waals surface area contributed by atoms with Crippen molar-refractivity contribution in [1.29, 1.82) is 0 Å². The molecule has 0 spiro atoms. The monoisotopic (exact) mass is 554 g/mol. The fraction of sp³-hybridized carbons (Fsp3) is 0.250. The Labute approximate surface area is 230 Å². The Balaban J connectivity index is 1.67. The average Bonchev–Trinajstić information content (AvgIpc) is 3.30. The van der Waals surface area contributed by atoms with Crippen molar-refractivity contribution >= 4 is 57.4 Å². The lowest BCUT2D eigenvalue weighted by Gasteiger charge is -2.12. The van der Waals surface area contributed by atoms with E-state index < -0.39 is 11.8 Å². The number of ether oxygens (including phenoxy) is 2. The van der Waals surface area contributed by atoms with Crippen LogP contribution in [0.15, 0.2) is 48.5 Å². The maximum absolute atomic E-state index is 13.4. The van der Waals surface area contributed by atoms with E-state index in [1.54, 1.807) is 56.7 Å². The van der Waals surface area contributed by atoms with Crippen LogP contribution >= 0.6 is 23.2 Å². The van der Waals surface area contributed by atoms with E-state index in [1.165, 1.54) is 0 Å². The number of rotatable bonds is 10. The summed E-state index contributed by atoms with van der Waals surface area (Å²) in [7, 11) is 3.21. The van der Waals surface area contributed by atoms with Crippen molar-refractivity contribution in [1.82, 2.24) is 9.97 Å². The lowest BCUT2D eigenvalue weighted by Crippen LogP contribution is -2.16. The predicted molar refractivity (Wildman–Crippen MR) is 151 cm³/mol. The molecule has 0 atom stereocenters. The number of carbonyl (C=O) groups is 2. The van der Waals surface area contributed by atoms with Crippen molar-refractivity contribution < 1.29 is 19.1 Å². The van der Waals surface area contributed by atoms with Gasteiger partial charge in [0.05, 0.1) is 21.7 Å². The van der Waals surface area contributed by atoms with Gasteiger partial charge in [0.15, 0.2) is 0 Å². The number of methoxy groups -OCH3 is 2. The fourth-order valence-corrected chi connectivity index (χ4v) is 4.45. The number of anilines is 2. The number of benzene rings is 3. The van der Waals surface area contributed by atoms with Gasteiger partial charge in [-0.1, -0.05) is 35.3 Å². The Bertz CT molecular complexity index is 1490. The van der Waals surface area contributed by atoms with Crippen molar-refractivity contribution in [2.45, 2.75) is 26.4 Å². The van der Waals surface area contributed by atoms with Crippen molar-refractivity contribution in [3.63, 3.8) is 0 Å². The highest BCUT2D eigenvalue weighted by Gasteiger charge is 2.19. The Morgan fingerprint density at radius 1 is 0.947 bits per heavy atom. The van der Waals surface area contributed by atoms with E-state index in [9.17, 15) is 9.59 Å². The normalized spacial score (nSPS) is 11.1. The molecule has 198 valence electrons. The number of fused-ring (bicyclic) bond motifs is 1. The number of hydrogen-bond donors (Lipinski definition) is 3. The van der Waals surface area contributed by atoms with Gasteiger partial charge in [0.2, 0.25) is 0 Å². The first-order valence-corrected chi connectivity index (χ1v) is 12.7. The lowest BCUT2D eigenvalue weighted by molar-refractivity contribution is 0.101. The molecule has 3 aromatic carbocycles. The molecule has 0 aliphatic rings. The van der Waals surface area contributed by atoms with Crippen LogP contribution in [0, 0.1) is 6.92 Å². The second-order valence-corrected chi connectivity index (χ2v) is 9.58. The largest absolute Gasteiger partial charge is 0.385 e. The zero-order chi connectivity index (χ0) is 27.2. The number of carbonyl (C=O) groups excluding carboxylic acids is 2. The van der Waals surface area contributed by atoms with Crippen LogP contribution in [0.25, 0.3) is 11.0 Å². The first-order chi connectivity index (χ1) is 18.3. The highest BCUT2D eigenvalue weighted by atomic mass is 35.5. The van der Waals surface area contributed by atoms with Gasteiger partial charge in [-0.15, -0.1) is 0 Å². The van der Waals surface area contributed by atoms with Crippen LogP contribution in [0.1, 0.15) is 44.1 Å². The lowest BCUT2D eigenvalue weighted by atomic mass is 10.1. The number of H-pyrrole nitrogens is 1. The van der Waals surface area contributed by atoms with Gasteiger partial charge in [0.25, 0.3) is 11.8 Å². The molecule has 3 N–H and O–H groups in total. The van der Waals surface area contributed by atoms with Gasteiger partial charge in [-0.2, -0.15) is 0 Å². The number of aromatic nitrogens is 2. The van der Waals surface area contributed by atoms with Gasteiger partial charge in [0, 0.05) is 37.2 Å². The van der Waals surface area contributed by atoms with Gasteiger partial charge < -0.3 is 25.1 Å². The summed E-state index contributed by atoms with van der Waals surface area (Å²) in [6.45, 7) is 2.68. The minimum atomic E-state index is -0.398. The number of nitrogens with zero attached hydrogens (tertiary/aromatic N) is 1.